The Hall–Kier alpha value is -3.76. The van der Waals surface area contributed by atoms with Gasteiger partial charge in [0.1, 0.15) is 11.4 Å². The van der Waals surface area contributed by atoms with Crippen LogP contribution in [-0.4, -0.2) is 55.7 Å². The van der Waals surface area contributed by atoms with Crippen molar-refractivity contribution in [3.05, 3.63) is 35.8 Å². The van der Waals surface area contributed by atoms with Crippen molar-refractivity contribution in [2.75, 3.05) is 19.0 Å². The van der Waals surface area contributed by atoms with Crippen molar-refractivity contribution in [3.63, 3.8) is 0 Å². The van der Waals surface area contributed by atoms with E-state index in [4.69, 9.17) is 19.2 Å². The predicted octanol–water partition coefficient (Wildman–Crippen LogP) is 3.73. The molecule has 11 heteroatoms. The molecular weight excluding hydrogens is 474 g/mol. The monoisotopic (exact) mass is 509 g/mol. The van der Waals surface area contributed by atoms with E-state index in [2.05, 4.69) is 25.6 Å². The Kier molecular flexibility index (Phi) is 8.52. The van der Waals surface area contributed by atoms with Crippen LogP contribution in [0.15, 0.2) is 24.4 Å². The highest BCUT2D eigenvalue weighted by Crippen LogP contribution is 2.32. The summed E-state index contributed by atoms with van der Waals surface area (Å²) in [6, 6.07) is 5.50. The highest BCUT2D eigenvalue weighted by atomic mass is 16.5. The molecule has 37 heavy (non-hydrogen) atoms. The number of ether oxygens (including phenoxy) is 3. The topological polar surface area (TPSA) is 126 Å². The maximum atomic E-state index is 12.2. The maximum Gasteiger partial charge on any atom is 0.309 e. The lowest BCUT2D eigenvalue weighted by atomic mass is 9.80. The minimum Gasteiger partial charge on any atom is -0.491 e. The van der Waals surface area contributed by atoms with E-state index < -0.39 is 0 Å². The van der Waals surface area contributed by atoms with Gasteiger partial charge in [0.2, 0.25) is 11.8 Å². The zero-order valence-electron chi connectivity index (χ0n) is 22.1. The number of hydrogen-bond acceptors (Lipinski definition) is 10. The highest BCUT2D eigenvalue weighted by Gasteiger charge is 2.32. The van der Waals surface area contributed by atoms with Crippen molar-refractivity contribution in [3.8, 4) is 23.0 Å². The van der Waals surface area contributed by atoms with Crippen molar-refractivity contribution < 1.29 is 19.0 Å². The second-order valence-corrected chi connectivity index (χ2v) is 9.51. The third-order valence-corrected chi connectivity index (χ3v) is 6.49. The largest absolute Gasteiger partial charge is 0.491 e. The summed E-state index contributed by atoms with van der Waals surface area (Å²) in [5.74, 6) is 1.54. The summed E-state index contributed by atoms with van der Waals surface area (Å²) in [5.41, 5.74) is 2.94. The molecule has 0 aromatic carbocycles. The van der Waals surface area contributed by atoms with Gasteiger partial charge in [0.25, 0.3) is 0 Å². The van der Waals surface area contributed by atoms with Gasteiger partial charge in [0.15, 0.2) is 0 Å². The fourth-order valence-corrected chi connectivity index (χ4v) is 4.57. The zero-order chi connectivity index (χ0) is 26.4. The number of nitrogens with zero attached hydrogens (tertiary/aromatic N) is 6. The normalized spacial score (nSPS) is 17.5. The van der Waals surface area contributed by atoms with Gasteiger partial charge in [-0.1, -0.05) is 18.1 Å². The summed E-state index contributed by atoms with van der Waals surface area (Å²) in [4.78, 5) is 25.6. The molecule has 2 atom stereocenters. The van der Waals surface area contributed by atoms with Crippen molar-refractivity contribution in [1.29, 1.82) is 0 Å². The van der Waals surface area contributed by atoms with Gasteiger partial charge < -0.3 is 19.5 Å². The van der Waals surface area contributed by atoms with E-state index in [0.717, 1.165) is 37.1 Å². The number of nitrogens with one attached hydrogen (secondary N) is 1. The lowest BCUT2D eigenvalue weighted by Gasteiger charge is -2.29. The lowest BCUT2D eigenvalue weighted by molar-refractivity contribution is -0.149. The summed E-state index contributed by atoms with van der Waals surface area (Å²) >= 11 is 0. The predicted molar refractivity (Wildman–Crippen MR) is 137 cm³/mol. The molecule has 0 aliphatic heterocycles. The molecule has 0 saturated heterocycles. The minimum atomic E-state index is -0.146. The first kappa shape index (κ1) is 26.3. The number of pyridine rings is 1. The Bertz CT molecular complexity index is 1210. The highest BCUT2D eigenvalue weighted by molar-refractivity contribution is 5.72. The number of esters is 1. The van der Waals surface area contributed by atoms with Gasteiger partial charge in [0, 0.05) is 25.2 Å². The van der Waals surface area contributed by atoms with Gasteiger partial charge >= 0.3 is 5.97 Å². The summed E-state index contributed by atoms with van der Waals surface area (Å²) in [7, 11) is 3.28. The molecule has 0 radical (unpaired) electrons. The molecule has 11 nitrogen and oxygen atoms in total. The zero-order valence-corrected chi connectivity index (χ0v) is 22.1. The Labute approximate surface area is 217 Å². The van der Waals surface area contributed by atoms with Gasteiger partial charge in [-0.05, 0) is 45.7 Å². The Morgan fingerprint density at radius 2 is 2.00 bits per heavy atom. The van der Waals surface area contributed by atoms with E-state index in [-0.39, 0.29) is 23.9 Å². The quantitative estimate of drug-likeness (QED) is 0.404. The molecule has 1 saturated carbocycles. The van der Waals surface area contributed by atoms with E-state index in [1.165, 1.54) is 7.11 Å². The van der Waals surface area contributed by atoms with Crippen LogP contribution in [0.3, 0.4) is 0 Å². The molecule has 0 amide bonds. The molecular formula is C26H35N7O4. The molecule has 0 bridgehead atoms. The molecule has 4 rings (SSSR count). The molecule has 3 heterocycles. The Morgan fingerprint density at radius 3 is 2.76 bits per heavy atom. The van der Waals surface area contributed by atoms with Crippen molar-refractivity contribution in [1.82, 2.24) is 29.9 Å². The first-order valence-electron chi connectivity index (χ1n) is 12.7. The summed E-state index contributed by atoms with van der Waals surface area (Å²) in [5, 5.41) is 11.7. The molecule has 1 N–H and O–H groups in total. The lowest BCUT2D eigenvalue weighted by Crippen LogP contribution is -2.32. The number of aromatic nitrogens is 6. The van der Waals surface area contributed by atoms with Gasteiger partial charge in [-0.2, -0.15) is 4.98 Å². The minimum absolute atomic E-state index is 0.0221. The summed E-state index contributed by atoms with van der Waals surface area (Å²) in [6.45, 7) is 6.66. The molecule has 3 aromatic rings. The van der Waals surface area contributed by atoms with Crippen LogP contribution >= 0.6 is 0 Å². The smallest absolute Gasteiger partial charge is 0.309 e. The van der Waals surface area contributed by atoms with Crippen molar-refractivity contribution in [2.24, 2.45) is 18.9 Å². The second kappa shape index (κ2) is 12.0. The molecule has 0 unspecified atom stereocenters. The number of rotatable bonds is 10. The Balaban J connectivity index is 1.44. The average molecular weight is 510 g/mol. The standard InChI is InChI=1S/C26H35N7O4/c1-16(2)37-23-12-13-27-26(30-23)28-14-21-24(31-32-33(21)4)20-10-11-22(17(3)29-20)36-15-18-8-6-7-9-19(18)25(34)35-5/h10-13,16,18-19H,6-9,14-15H2,1-5H3,(H,27,28,30)/t18-,19+/m1/s1. The number of carbonyl (C=O) groups excluding carboxylic acids is 1. The van der Waals surface area contributed by atoms with Crippen molar-refractivity contribution in [2.45, 2.75) is 59.1 Å². The number of methoxy groups -OCH3 is 1. The third-order valence-electron chi connectivity index (χ3n) is 6.49. The molecule has 1 aliphatic carbocycles. The average Bonchev–Trinajstić information content (AvgIpc) is 3.26. The van der Waals surface area contributed by atoms with Gasteiger partial charge in [-0.15, -0.1) is 5.10 Å². The van der Waals surface area contributed by atoms with Crippen LogP contribution in [0.2, 0.25) is 0 Å². The van der Waals surface area contributed by atoms with Crippen LogP contribution in [0.5, 0.6) is 11.6 Å². The summed E-state index contributed by atoms with van der Waals surface area (Å²) in [6.07, 6.45) is 5.62. The van der Waals surface area contributed by atoms with E-state index in [1.54, 1.807) is 16.9 Å². The number of anilines is 1. The number of carbonyl (C=O) groups is 1. The molecule has 1 fully saturated rings. The first-order chi connectivity index (χ1) is 17.9. The maximum absolute atomic E-state index is 12.2. The first-order valence-corrected chi connectivity index (χ1v) is 12.7. The van der Waals surface area contributed by atoms with Crippen LogP contribution in [0, 0.1) is 18.8 Å². The Morgan fingerprint density at radius 1 is 1.19 bits per heavy atom. The van der Waals surface area contributed by atoms with E-state index >= 15 is 0 Å². The van der Waals surface area contributed by atoms with Crippen molar-refractivity contribution >= 4 is 11.9 Å². The number of hydrogen-bond donors (Lipinski definition) is 1. The van der Waals surface area contributed by atoms with Gasteiger partial charge in [0.05, 0.1) is 49.4 Å². The van der Waals surface area contributed by atoms with Crippen LogP contribution in [0.25, 0.3) is 11.4 Å². The fourth-order valence-electron chi connectivity index (χ4n) is 4.57. The molecule has 0 spiro atoms. The molecule has 1 aliphatic rings. The number of aryl methyl sites for hydroxylation is 2. The van der Waals surface area contributed by atoms with Crippen LogP contribution in [-0.2, 0) is 23.1 Å². The van der Waals surface area contributed by atoms with Crippen LogP contribution in [0.4, 0.5) is 5.95 Å². The van der Waals surface area contributed by atoms with Gasteiger partial charge in [-0.25, -0.2) is 14.6 Å². The van der Waals surface area contributed by atoms with Gasteiger partial charge in [-0.3, -0.25) is 4.79 Å². The van der Waals surface area contributed by atoms with E-state index in [9.17, 15) is 4.79 Å². The van der Waals surface area contributed by atoms with E-state index in [1.807, 2.05) is 40.0 Å². The second-order valence-electron chi connectivity index (χ2n) is 9.51. The summed E-state index contributed by atoms with van der Waals surface area (Å²) < 4.78 is 18.5. The molecule has 198 valence electrons. The third kappa shape index (κ3) is 6.52. The SMILES string of the molecule is COC(=O)[C@H]1CCCC[C@@H]1COc1ccc(-c2nnn(C)c2CNc2nccc(OC(C)C)n2)nc1C. The molecule has 3 aromatic heterocycles. The van der Waals surface area contributed by atoms with E-state index in [0.29, 0.717) is 42.1 Å². The van der Waals surface area contributed by atoms with Crippen LogP contribution in [0.1, 0.15) is 50.9 Å². The fraction of sp³-hybridized carbons (Fsp3) is 0.538. The van der Waals surface area contributed by atoms with Crippen LogP contribution < -0.4 is 14.8 Å².